The molecular formula is C16H18O2. The highest BCUT2D eigenvalue weighted by Gasteiger charge is 2.19. The summed E-state index contributed by atoms with van der Waals surface area (Å²) in [5.74, 6) is -0.245. The van der Waals surface area contributed by atoms with E-state index >= 15 is 0 Å². The van der Waals surface area contributed by atoms with Gasteiger partial charge in [-0.2, -0.15) is 0 Å². The van der Waals surface area contributed by atoms with Crippen LogP contribution in [0.3, 0.4) is 0 Å². The van der Waals surface area contributed by atoms with Gasteiger partial charge in [-0.3, -0.25) is 0 Å². The second-order valence-electron chi connectivity index (χ2n) is 4.60. The molecule has 18 heavy (non-hydrogen) atoms. The molecule has 1 aliphatic rings. The number of hydrogen-bond donors (Lipinski definition) is 0. The summed E-state index contributed by atoms with van der Waals surface area (Å²) in [4.78, 5) is 12.0. The minimum absolute atomic E-state index is 0.0506. The van der Waals surface area contributed by atoms with Crippen LogP contribution in [0.15, 0.2) is 42.5 Å². The Labute approximate surface area is 108 Å². The number of esters is 1. The number of benzene rings is 1. The average Bonchev–Trinajstić information content (AvgIpc) is 2.41. The highest BCUT2D eigenvalue weighted by molar-refractivity contribution is 5.89. The molecule has 0 spiro atoms. The molecule has 1 aliphatic carbocycles. The van der Waals surface area contributed by atoms with E-state index in [-0.39, 0.29) is 12.1 Å². The van der Waals surface area contributed by atoms with Crippen molar-refractivity contribution in [2.24, 2.45) is 0 Å². The van der Waals surface area contributed by atoms with Crippen LogP contribution in [0, 0.1) is 0 Å². The van der Waals surface area contributed by atoms with Gasteiger partial charge >= 0.3 is 5.97 Å². The maximum atomic E-state index is 12.0. The first-order valence-electron chi connectivity index (χ1n) is 6.31. The summed E-state index contributed by atoms with van der Waals surface area (Å²) in [5, 5.41) is 0. The van der Waals surface area contributed by atoms with Gasteiger partial charge in [-0.25, -0.2) is 4.79 Å². The Kier molecular flexibility index (Phi) is 3.98. The number of allylic oxidation sites excluding steroid dienone is 1. The van der Waals surface area contributed by atoms with Gasteiger partial charge in [0.1, 0.15) is 6.10 Å². The molecule has 0 aromatic heterocycles. The Hall–Kier alpha value is -1.83. The minimum atomic E-state index is -0.245. The molecule has 1 unspecified atom stereocenters. The van der Waals surface area contributed by atoms with Crippen molar-refractivity contribution in [1.29, 1.82) is 0 Å². The third kappa shape index (κ3) is 2.89. The van der Waals surface area contributed by atoms with Crippen LogP contribution in [0.5, 0.6) is 0 Å². The molecule has 2 rings (SSSR count). The fourth-order valence-electron chi connectivity index (χ4n) is 2.10. The summed E-state index contributed by atoms with van der Waals surface area (Å²) in [5.41, 5.74) is 2.76. The largest absolute Gasteiger partial charge is 0.454 e. The van der Waals surface area contributed by atoms with Crippen molar-refractivity contribution in [2.75, 3.05) is 0 Å². The van der Waals surface area contributed by atoms with Crippen molar-refractivity contribution < 1.29 is 9.53 Å². The number of carbonyl (C=O) groups is 1. The highest BCUT2D eigenvalue weighted by atomic mass is 16.5. The zero-order chi connectivity index (χ0) is 13.0. The lowest BCUT2D eigenvalue weighted by atomic mass is 9.98. The molecule has 2 heteroatoms. The molecule has 0 aliphatic heterocycles. The molecule has 0 N–H and O–H groups in total. The average molecular weight is 242 g/mol. The molecule has 2 nitrogen and oxygen atoms in total. The molecule has 0 radical (unpaired) electrons. The maximum Gasteiger partial charge on any atom is 0.338 e. The molecule has 0 amide bonds. The molecule has 1 atom stereocenters. The van der Waals surface area contributed by atoms with Gasteiger partial charge in [0.05, 0.1) is 5.56 Å². The Bertz CT molecular complexity index is 468. The van der Waals surface area contributed by atoms with E-state index in [0.29, 0.717) is 5.56 Å². The second-order valence-corrected chi connectivity index (χ2v) is 4.60. The third-order valence-corrected chi connectivity index (χ3v) is 3.28. The predicted molar refractivity (Wildman–Crippen MR) is 73.3 cm³/mol. The van der Waals surface area contributed by atoms with Crippen LogP contribution in [0.1, 0.15) is 42.1 Å². The molecule has 0 heterocycles. The zero-order valence-electron chi connectivity index (χ0n) is 10.7. The van der Waals surface area contributed by atoms with Crippen molar-refractivity contribution in [3.05, 3.63) is 53.6 Å². The molecule has 0 saturated carbocycles. The first-order chi connectivity index (χ1) is 8.70. The van der Waals surface area contributed by atoms with Gasteiger partial charge in [0.15, 0.2) is 0 Å². The highest BCUT2D eigenvalue weighted by Crippen LogP contribution is 2.22. The molecular weight excluding hydrogens is 224 g/mol. The molecule has 0 fully saturated rings. The van der Waals surface area contributed by atoms with Gasteiger partial charge in [0.25, 0.3) is 0 Å². The summed E-state index contributed by atoms with van der Waals surface area (Å²) in [6, 6.07) is 7.29. The van der Waals surface area contributed by atoms with E-state index in [1.165, 1.54) is 0 Å². The Morgan fingerprint density at radius 1 is 1.39 bits per heavy atom. The van der Waals surface area contributed by atoms with Crippen LogP contribution < -0.4 is 0 Å². The van der Waals surface area contributed by atoms with E-state index < -0.39 is 0 Å². The van der Waals surface area contributed by atoms with Gasteiger partial charge in [0.2, 0.25) is 0 Å². The summed E-state index contributed by atoms with van der Waals surface area (Å²) in [6.07, 6.45) is 6.97. The fourth-order valence-corrected chi connectivity index (χ4v) is 2.10. The van der Waals surface area contributed by atoms with E-state index in [1.54, 1.807) is 18.2 Å². The Morgan fingerprint density at radius 2 is 2.11 bits per heavy atom. The standard InChI is InChI=1S/C16H18O2/c1-3-13-8-10-14(11-9-13)16(17)18-15-7-5-4-6-12(15)2/h3,6,8-11,15H,1,4-5,7H2,2H3. The lowest BCUT2D eigenvalue weighted by Crippen LogP contribution is -2.21. The number of carbonyl (C=O) groups excluding carboxylic acids is 1. The quantitative estimate of drug-likeness (QED) is 0.592. The predicted octanol–water partition coefficient (Wildman–Crippen LogP) is 3.99. The first-order valence-corrected chi connectivity index (χ1v) is 6.31. The van der Waals surface area contributed by atoms with E-state index in [4.69, 9.17) is 4.74 Å². The minimum Gasteiger partial charge on any atom is -0.454 e. The number of rotatable bonds is 3. The van der Waals surface area contributed by atoms with Gasteiger partial charge in [-0.15, -0.1) is 0 Å². The maximum absolute atomic E-state index is 12.0. The van der Waals surface area contributed by atoms with Gasteiger partial charge in [-0.1, -0.05) is 30.9 Å². The zero-order valence-corrected chi connectivity index (χ0v) is 10.7. The van der Waals surface area contributed by atoms with Crippen molar-refractivity contribution in [3.63, 3.8) is 0 Å². The topological polar surface area (TPSA) is 26.3 Å². The van der Waals surface area contributed by atoms with Crippen LogP contribution >= 0.6 is 0 Å². The van der Waals surface area contributed by atoms with Crippen LogP contribution in [0.4, 0.5) is 0 Å². The molecule has 0 saturated heterocycles. The van der Waals surface area contributed by atoms with Crippen molar-refractivity contribution >= 4 is 12.0 Å². The van der Waals surface area contributed by atoms with Gasteiger partial charge in [0, 0.05) is 0 Å². The van der Waals surface area contributed by atoms with E-state index in [2.05, 4.69) is 12.7 Å². The fraction of sp³-hybridized carbons (Fsp3) is 0.312. The SMILES string of the molecule is C=Cc1ccc(C(=O)OC2CCCC=C2C)cc1. The molecule has 0 bridgehead atoms. The Balaban J connectivity index is 2.04. The number of ether oxygens (including phenoxy) is 1. The van der Waals surface area contributed by atoms with Gasteiger partial charge < -0.3 is 4.74 Å². The van der Waals surface area contributed by atoms with E-state index in [0.717, 1.165) is 30.4 Å². The first kappa shape index (κ1) is 12.6. The summed E-state index contributed by atoms with van der Waals surface area (Å²) < 4.78 is 5.53. The van der Waals surface area contributed by atoms with E-state index in [9.17, 15) is 4.79 Å². The summed E-state index contributed by atoms with van der Waals surface area (Å²) in [7, 11) is 0. The van der Waals surface area contributed by atoms with Crippen LogP contribution in [0.25, 0.3) is 6.08 Å². The molecule has 94 valence electrons. The van der Waals surface area contributed by atoms with Crippen LogP contribution in [0.2, 0.25) is 0 Å². The normalized spacial score (nSPS) is 18.9. The molecule has 1 aromatic rings. The second kappa shape index (κ2) is 5.67. The lowest BCUT2D eigenvalue weighted by molar-refractivity contribution is 0.0346. The van der Waals surface area contributed by atoms with Gasteiger partial charge in [-0.05, 0) is 49.5 Å². The molecule has 1 aromatic carbocycles. The van der Waals surface area contributed by atoms with Crippen LogP contribution in [-0.2, 0) is 4.74 Å². The van der Waals surface area contributed by atoms with E-state index in [1.807, 2.05) is 19.1 Å². The van der Waals surface area contributed by atoms with Crippen molar-refractivity contribution in [3.8, 4) is 0 Å². The summed E-state index contributed by atoms with van der Waals surface area (Å²) >= 11 is 0. The van der Waals surface area contributed by atoms with Crippen molar-refractivity contribution in [1.82, 2.24) is 0 Å². The Morgan fingerprint density at radius 3 is 2.72 bits per heavy atom. The van der Waals surface area contributed by atoms with Crippen LogP contribution in [-0.4, -0.2) is 12.1 Å². The number of hydrogen-bond acceptors (Lipinski definition) is 2. The van der Waals surface area contributed by atoms with Crippen molar-refractivity contribution in [2.45, 2.75) is 32.3 Å². The smallest absolute Gasteiger partial charge is 0.338 e. The third-order valence-electron chi connectivity index (χ3n) is 3.28. The monoisotopic (exact) mass is 242 g/mol. The lowest BCUT2D eigenvalue weighted by Gasteiger charge is -2.22. The summed E-state index contributed by atoms with van der Waals surface area (Å²) in [6.45, 7) is 5.71.